The monoisotopic (exact) mass is 475 g/mol. The first-order chi connectivity index (χ1) is 16.4. The summed E-state index contributed by atoms with van der Waals surface area (Å²) in [6, 6.07) is 3.81. The summed E-state index contributed by atoms with van der Waals surface area (Å²) in [5.74, 6) is -1.97. The van der Waals surface area contributed by atoms with E-state index in [9.17, 15) is 23.5 Å². The Kier molecular flexibility index (Phi) is 6.98. The number of ether oxygens (including phenoxy) is 1. The Bertz CT molecular complexity index is 1080. The number of benzene rings is 1. The van der Waals surface area contributed by atoms with Gasteiger partial charge in [-0.15, -0.1) is 0 Å². The van der Waals surface area contributed by atoms with E-state index >= 15 is 0 Å². The fraction of sp³-hybridized carbons (Fsp3) is 0.364. The fourth-order valence-corrected chi connectivity index (χ4v) is 3.84. The number of aliphatic hydroxyl groups is 2. The minimum atomic E-state index is -1.53. The van der Waals surface area contributed by atoms with Crippen molar-refractivity contribution in [2.24, 2.45) is 0 Å². The van der Waals surface area contributed by atoms with Crippen LogP contribution < -0.4 is 10.2 Å². The average molecular weight is 475 g/mol. The van der Waals surface area contributed by atoms with Crippen LogP contribution in [0.5, 0.6) is 0 Å². The van der Waals surface area contributed by atoms with Gasteiger partial charge in [-0.1, -0.05) is 6.08 Å². The lowest BCUT2D eigenvalue weighted by Gasteiger charge is -2.28. The zero-order valence-electron chi connectivity index (χ0n) is 18.0. The number of halogens is 2. The molecule has 1 fully saturated rings. The first-order valence-corrected chi connectivity index (χ1v) is 10.6. The standard InChI is InChI=1S/C22H23F2N5O5/c23-16-8-14(29-11-15(34-22(29)33)10-27-21-25-4-1-5-26-21)9-17(24)19(16)13-2-6-28(7-3-13)20(32)18(31)12-30/h1-2,4-5,8-9,15,18,30-31H,3,6-7,10-12H2,(H,25,26,27)/t15-,18-/m0/s1. The molecule has 0 bridgehead atoms. The fourth-order valence-electron chi connectivity index (χ4n) is 3.84. The van der Waals surface area contributed by atoms with Crippen molar-refractivity contribution in [3.05, 3.63) is 53.9 Å². The van der Waals surface area contributed by atoms with E-state index in [0.717, 1.165) is 17.0 Å². The van der Waals surface area contributed by atoms with E-state index in [1.807, 2.05) is 0 Å². The lowest BCUT2D eigenvalue weighted by molar-refractivity contribution is -0.141. The van der Waals surface area contributed by atoms with Gasteiger partial charge in [0, 0.05) is 31.0 Å². The number of hydrogen-bond acceptors (Lipinski definition) is 8. The first kappa shape index (κ1) is 23.5. The number of anilines is 2. The number of rotatable bonds is 7. The molecule has 2 atom stereocenters. The molecule has 180 valence electrons. The van der Waals surface area contributed by atoms with Crippen LogP contribution in [0.1, 0.15) is 12.0 Å². The molecule has 1 aromatic heterocycles. The normalized spacial score (nSPS) is 19.0. The van der Waals surface area contributed by atoms with Crippen LogP contribution in [0.4, 0.5) is 25.2 Å². The molecule has 1 aromatic carbocycles. The third kappa shape index (κ3) is 4.97. The van der Waals surface area contributed by atoms with Crippen molar-refractivity contribution >= 4 is 29.2 Å². The first-order valence-electron chi connectivity index (χ1n) is 10.6. The van der Waals surface area contributed by atoms with Crippen LogP contribution in [-0.2, 0) is 9.53 Å². The second kappa shape index (κ2) is 10.1. The van der Waals surface area contributed by atoms with Crippen LogP contribution in [0.2, 0.25) is 0 Å². The number of carbonyl (C=O) groups excluding carboxylic acids is 2. The van der Waals surface area contributed by atoms with E-state index in [0.29, 0.717) is 11.5 Å². The Morgan fingerprint density at radius 3 is 2.59 bits per heavy atom. The highest BCUT2D eigenvalue weighted by atomic mass is 19.1. The molecule has 2 aliphatic heterocycles. The minimum Gasteiger partial charge on any atom is -0.442 e. The summed E-state index contributed by atoms with van der Waals surface area (Å²) in [5, 5.41) is 21.3. The summed E-state index contributed by atoms with van der Waals surface area (Å²) in [7, 11) is 0. The van der Waals surface area contributed by atoms with E-state index in [1.165, 1.54) is 11.0 Å². The molecule has 3 heterocycles. The smallest absolute Gasteiger partial charge is 0.414 e. The topological polar surface area (TPSA) is 128 Å². The van der Waals surface area contributed by atoms with Gasteiger partial charge in [-0.3, -0.25) is 9.69 Å². The van der Waals surface area contributed by atoms with Crippen LogP contribution in [0, 0.1) is 11.6 Å². The Balaban J connectivity index is 1.44. The molecular weight excluding hydrogens is 452 g/mol. The van der Waals surface area contributed by atoms with Gasteiger partial charge in [0.2, 0.25) is 5.95 Å². The summed E-state index contributed by atoms with van der Waals surface area (Å²) < 4.78 is 35.2. The molecule has 0 spiro atoms. The number of aliphatic hydroxyl groups excluding tert-OH is 2. The molecule has 12 heteroatoms. The van der Waals surface area contributed by atoms with Gasteiger partial charge < -0.3 is 25.2 Å². The van der Waals surface area contributed by atoms with Gasteiger partial charge in [0.15, 0.2) is 6.10 Å². The number of nitrogens with zero attached hydrogens (tertiary/aromatic N) is 4. The van der Waals surface area contributed by atoms with E-state index in [-0.39, 0.29) is 43.9 Å². The summed E-state index contributed by atoms with van der Waals surface area (Å²) in [6.45, 7) is -0.205. The Hall–Kier alpha value is -3.64. The van der Waals surface area contributed by atoms with Crippen LogP contribution >= 0.6 is 0 Å². The Morgan fingerprint density at radius 2 is 1.97 bits per heavy atom. The highest BCUT2D eigenvalue weighted by Crippen LogP contribution is 2.32. The second-order valence-corrected chi connectivity index (χ2v) is 7.82. The van der Waals surface area contributed by atoms with Gasteiger partial charge >= 0.3 is 6.09 Å². The second-order valence-electron chi connectivity index (χ2n) is 7.82. The molecule has 2 amide bonds. The van der Waals surface area contributed by atoms with Crippen molar-refractivity contribution in [3.63, 3.8) is 0 Å². The van der Waals surface area contributed by atoms with Crippen LogP contribution in [0.3, 0.4) is 0 Å². The van der Waals surface area contributed by atoms with Crippen LogP contribution in [0.15, 0.2) is 36.7 Å². The van der Waals surface area contributed by atoms with Crippen molar-refractivity contribution in [3.8, 4) is 0 Å². The van der Waals surface area contributed by atoms with Gasteiger partial charge in [-0.05, 0) is 30.2 Å². The third-order valence-corrected chi connectivity index (χ3v) is 5.57. The Labute approximate surface area is 193 Å². The maximum atomic E-state index is 14.9. The summed E-state index contributed by atoms with van der Waals surface area (Å²) >= 11 is 0. The Morgan fingerprint density at radius 1 is 1.26 bits per heavy atom. The van der Waals surface area contributed by atoms with E-state index in [1.54, 1.807) is 18.5 Å². The molecule has 0 saturated carbocycles. The van der Waals surface area contributed by atoms with E-state index < -0.39 is 42.4 Å². The highest BCUT2D eigenvalue weighted by molar-refractivity contribution is 5.90. The largest absolute Gasteiger partial charge is 0.442 e. The summed E-state index contributed by atoms with van der Waals surface area (Å²) in [5.41, 5.74) is 0.171. The minimum absolute atomic E-state index is 0.0292. The van der Waals surface area contributed by atoms with Gasteiger partial charge in [0.05, 0.1) is 25.4 Å². The summed E-state index contributed by atoms with van der Waals surface area (Å²) in [4.78, 5) is 34.7. The third-order valence-electron chi connectivity index (χ3n) is 5.57. The number of cyclic esters (lactones) is 1. The quantitative estimate of drug-likeness (QED) is 0.544. The van der Waals surface area contributed by atoms with E-state index in [4.69, 9.17) is 9.84 Å². The SMILES string of the molecule is O=C([C@@H](O)CO)N1CC=C(c2c(F)cc(N3C[C@H](CNc4ncccn4)OC3=O)cc2F)CC1. The molecule has 3 N–H and O–H groups in total. The van der Waals surface area contributed by atoms with Crippen LogP contribution in [0.25, 0.3) is 5.57 Å². The predicted molar refractivity (Wildman–Crippen MR) is 117 cm³/mol. The number of carbonyl (C=O) groups is 2. The molecular formula is C22H23F2N5O5. The number of nitrogens with one attached hydrogen (secondary N) is 1. The zero-order chi connectivity index (χ0) is 24.2. The molecule has 4 rings (SSSR count). The van der Waals surface area contributed by atoms with Gasteiger partial charge in [0.25, 0.3) is 5.91 Å². The maximum absolute atomic E-state index is 14.9. The molecule has 1 saturated heterocycles. The lowest BCUT2D eigenvalue weighted by atomic mass is 9.97. The van der Waals surface area contributed by atoms with Crippen molar-refractivity contribution < 1.29 is 33.3 Å². The number of aromatic nitrogens is 2. The molecule has 34 heavy (non-hydrogen) atoms. The van der Waals surface area contributed by atoms with Crippen molar-refractivity contribution in [1.82, 2.24) is 14.9 Å². The lowest BCUT2D eigenvalue weighted by Crippen LogP contribution is -2.42. The summed E-state index contributed by atoms with van der Waals surface area (Å²) in [6.07, 6.45) is 1.97. The molecule has 0 aliphatic carbocycles. The average Bonchev–Trinajstić information content (AvgIpc) is 3.23. The zero-order valence-corrected chi connectivity index (χ0v) is 18.0. The molecule has 2 aromatic rings. The van der Waals surface area contributed by atoms with Crippen molar-refractivity contribution in [2.45, 2.75) is 18.6 Å². The number of hydrogen-bond donors (Lipinski definition) is 3. The highest BCUT2D eigenvalue weighted by Gasteiger charge is 2.34. The van der Waals surface area contributed by atoms with Crippen molar-refractivity contribution in [2.75, 3.05) is 43.0 Å². The molecule has 10 nitrogen and oxygen atoms in total. The maximum Gasteiger partial charge on any atom is 0.414 e. The molecule has 0 radical (unpaired) electrons. The molecule has 2 aliphatic rings. The van der Waals surface area contributed by atoms with E-state index in [2.05, 4.69) is 15.3 Å². The van der Waals surface area contributed by atoms with Gasteiger partial charge in [-0.2, -0.15) is 0 Å². The molecule has 0 unspecified atom stereocenters. The van der Waals surface area contributed by atoms with Gasteiger partial charge in [-0.25, -0.2) is 23.5 Å². The van der Waals surface area contributed by atoms with Gasteiger partial charge in [0.1, 0.15) is 17.7 Å². The number of amides is 2. The predicted octanol–water partition coefficient (Wildman–Crippen LogP) is 1.16. The van der Waals surface area contributed by atoms with Crippen LogP contribution in [-0.4, -0.2) is 82.1 Å². The van der Waals surface area contributed by atoms with Crippen molar-refractivity contribution in [1.29, 1.82) is 0 Å².